The zero-order valence-electron chi connectivity index (χ0n) is 7.84. The average Bonchev–Trinajstić information content (AvgIpc) is 2.57. The van der Waals surface area contributed by atoms with Crippen molar-refractivity contribution in [3.63, 3.8) is 0 Å². The third-order valence-electron chi connectivity index (χ3n) is 2.10. The van der Waals surface area contributed by atoms with Crippen molar-refractivity contribution in [2.45, 2.75) is 25.4 Å². The van der Waals surface area contributed by atoms with Crippen LogP contribution in [0.15, 0.2) is 0 Å². The van der Waals surface area contributed by atoms with Crippen LogP contribution in [0.1, 0.15) is 19.3 Å². The molecule has 0 aromatic carbocycles. The molecule has 1 aliphatic heterocycles. The first-order chi connectivity index (χ1) is 5.93. The summed E-state index contributed by atoms with van der Waals surface area (Å²) in [5.74, 6) is 0. The minimum absolute atomic E-state index is 0.465. The molecule has 1 fully saturated rings. The molecule has 1 aliphatic rings. The van der Waals surface area contributed by atoms with Gasteiger partial charge >= 0.3 is 0 Å². The third-order valence-corrected chi connectivity index (χ3v) is 2.10. The van der Waals surface area contributed by atoms with Gasteiger partial charge in [0.15, 0.2) is 0 Å². The molecule has 1 N–H and O–H groups in total. The molecule has 1 atom stereocenters. The van der Waals surface area contributed by atoms with E-state index in [0.29, 0.717) is 6.10 Å². The molecule has 1 heterocycles. The number of methoxy groups -OCH3 is 1. The molecule has 3 nitrogen and oxygen atoms in total. The topological polar surface area (TPSA) is 30.5 Å². The lowest BCUT2D eigenvalue weighted by molar-refractivity contribution is 0.109. The van der Waals surface area contributed by atoms with Gasteiger partial charge in [-0.3, -0.25) is 0 Å². The molecule has 0 aromatic heterocycles. The highest BCUT2D eigenvalue weighted by atomic mass is 16.5. The molecule has 1 saturated heterocycles. The highest BCUT2D eigenvalue weighted by Crippen LogP contribution is 2.10. The second-order valence-electron chi connectivity index (χ2n) is 3.19. The van der Waals surface area contributed by atoms with Crippen molar-refractivity contribution < 1.29 is 9.47 Å². The number of ether oxygens (including phenoxy) is 2. The smallest absolute Gasteiger partial charge is 0.0700 e. The van der Waals surface area contributed by atoms with Gasteiger partial charge < -0.3 is 14.8 Å². The zero-order chi connectivity index (χ0) is 8.65. The van der Waals surface area contributed by atoms with E-state index in [4.69, 9.17) is 9.47 Å². The molecule has 3 heteroatoms. The fourth-order valence-electron chi connectivity index (χ4n) is 1.41. The van der Waals surface area contributed by atoms with Gasteiger partial charge in [0.05, 0.1) is 6.10 Å². The predicted molar refractivity (Wildman–Crippen MR) is 48.3 cm³/mol. The van der Waals surface area contributed by atoms with Crippen molar-refractivity contribution >= 4 is 0 Å². The largest absolute Gasteiger partial charge is 0.385 e. The Kier molecular flexibility index (Phi) is 5.32. The van der Waals surface area contributed by atoms with Gasteiger partial charge in [0, 0.05) is 26.9 Å². The van der Waals surface area contributed by atoms with Gasteiger partial charge in [-0.25, -0.2) is 0 Å². The first-order valence-electron chi connectivity index (χ1n) is 4.74. The molecule has 72 valence electrons. The summed E-state index contributed by atoms with van der Waals surface area (Å²) in [6.07, 6.45) is 4.00. The molecule has 0 spiro atoms. The van der Waals surface area contributed by atoms with Crippen LogP contribution in [0.25, 0.3) is 0 Å². The Labute approximate surface area is 74.4 Å². The van der Waals surface area contributed by atoms with Gasteiger partial charge in [-0.15, -0.1) is 0 Å². The summed E-state index contributed by atoms with van der Waals surface area (Å²) >= 11 is 0. The van der Waals surface area contributed by atoms with E-state index in [1.54, 1.807) is 7.11 Å². The Bertz CT molecular complexity index is 103. The first-order valence-corrected chi connectivity index (χ1v) is 4.74. The van der Waals surface area contributed by atoms with Crippen LogP contribution in [0, 0.1) is 0 Å². The Morgan fingerprint density at radius 1 is 1.58 bits per heavy atom. The number of hydrogen-bond donors (Lipinski definition) is 1. The van der Waals surface area contributed by atoms with Gasteiger partial charge in [-0.2, -0.15) is 0 Å². The summed E-state index contributed by atoms with van der Waals surface area (Å²) in [6.45, 7) is 3.83. The lowest BCUT2D eigenvalue weighted by atomic mass is 10.2. The van der Waals surface area contributed by atoms with Crippen molar-refractivity contribution in [2.24, 2.45) is 0 Å². The van der Waals surface area contributed by atoms with Crippen LogP contribution < -0.4 is 5.32 Å². The maximum Gasteiger partial charge on any atom is 0.0700 e. The number of rotatable bonds is 6. The molecule has 1 unspecified atom stereocenters. The summed E-state index contributed by atoms with van der Waals surface area (Å²) in [5, 5.41) is 3.36. The van der Waals surface area contributed by atoms with Crippen LogP contribution in [0.3, 0.4) is 0 Å². The van der Waals surface area contributed by atoms with E-state index in [9.17, 15) is 0 Å². The highest BCUT2D eigenvalue weighted by molar-refractivity contribution is 4.66. The molecule has 0 radical (unpaired) electrons. The number of nitrogens with one attached hydrogen (secondary N) is 1. The zero-order valence-corrected chi connectivity index (χ0v) is 7.84. The third kappa shape index (κ3) is 4.04. The van der Waals surface area contributed by atoms with Crippen LogP contribution in [0.5, 0.6) is 0 Å². The van der Waals surface area contributed by atoms with Crippen LogP contribution in [-0.2, 0) is 9.47 Å². The molecular formula is C9H19NO2. The van der Waals surface area contributed by atoms with Crippen molar-refractivity contribution in [2.75, 3.05) is 33.4 Å². The van der Waals surface area contributed by atoms with Crippen LogP contribution in [-0.4, -0.2) is 39.5 Å². The minimum Gasteiger partial charge on any atom is -0.385 e. The maximum atomic E-state index is 5.47. The van der Waals surface area contributed by atoms with Gasteiger partial charge in [-0.05, 0) is 25.8 Å². The molecule has 0 bridgehead atoms. The van der Waals surface area contributed by atoms with Crippen molar-refractivity contribution in [1.29, 1.82) is 0 Å². The van der Waals surface area contributed by atoms with E-state index < -0.39 is 0 Å². The molecule has 0 saturated carbocycles. The molecule has 0 aromatic rings. The molecular weight excluding hydrogens is 154 g/mol. The quantitative estimate of drug-likeness (QED) is 0.602. The second-order valence-corrected chi connectivity index (χ2v) is 3.19. The Morgan fingerprint density at radius 2 is 2.50 bits per heavy atom. The molecule has 12 heavy (non-hydrogen) atoms. The summed E-state index contributed by atoms with van der Waals surface area (Å²) in [7, 11) is 1.74. The Morgan fingerprint density at radius 3 is 3.17 bits per heavy atom. The van der Waals surface area contributed by atoms with E-state index in [2.05, 4.69) is 5.32 Å². The van der Waals surface area contributed by atoms with Crippen LogP contribution in [0.4, 0.5) is 0 Å². The monoisotopic (exact) mass is 173 g/mol. The van der Waals surface area contributed by atoms with E-state index in [-0.39, 0.29) is 0 Å². The van der Waals surface area contributed by atoms with Gasteiger partial charge in [0.25, 0.3) is 0 Å². The summed E-state index contributed by atoms with van der Waals surface area (Å²) in [5.41, 5.74) is 0. The van der Waals surface area contributed by atoms with E-state index >= 15 is 0 Å². The minimum atomic E-state index is 0.465. The van der Waals surface area contributed by atoms with E-state index in [0.717, 1.165) is 32.7 Å². The summed E-state index contributed by atoms with van der Waals surface area (Å²) < 4.78 is 10.4. The second kappa shape index (κ2) is 6.40. The fraction of sp³-hybridized carbons (Fsp3) is 1.00. The Balaban J connectivity index is 1.81. The van der Waals surface area contributed by atoms with Gasteiger partial charge in [0.2, 0.25) is 0 Å². The van der Waals surface area contributed by atoms with E-state index in [1.165, 1.54) is 12.8 Å². The van der Waals surface area contributed by atoms with Crippen molar-refractivity contribution in [3.8, 4) is 0 Å². The summed E-state index contributed by atoms with van der Waals surface area (Å²) in [6, 6.07) is 0. The van der Waals surface area contributed by atoms with Crippen molar-refractivity contribution in [3.05, 3.63) is 0 Å². The Hall–Kier alpha value is -0.120. The van der Waals surface area contributed by atoms with E-state index in [1.807, 2.05) is 0 Å². The first kappa shape index (κ1) is 9.96. The summed E-state index contributed by atoms with van der Waals surface area (Å²) in [4.78, 5) is 0. The van der Waals surface area contributed by atoms with Crippen LogP contribution in [0.2, 0.25) is 0 Å². The lowest BCUT2D eigenvalue weighted by Gasteiger charge is -2.09. The molecule has 1 rings (SSSR count). The fourth-order valence-corrected chi connectivity index (χ4v) is 1.41. The van der Waals surface area contributed by atoms with Crippen molar-refractivity contribution in [1.82, 2.24) is 5.32 Å². The average molecular weight is 173 g/mol. The standard InChI is InChI=1S/C9H19NO2/c1-11-6-3-5-10-8-9-4-2-7-12-9/h9-10H,2-8H2,1H3. The highest BCUT2D eigenvalue weighted by Gasteiger charge is 2.13. The van der Waals surface area contributed by atoms with Gasteiger partial charge in [0.1, 0.15) is 0 Å². The van der Waals surface area contributed by atoms with Gasteiger partial charge in [-0.1, -0.05) is 0 Å². The molecule has 0 aliphatic carbocycles. The molecule has 0 amide bonds. The lowest BCUT2D eigenvalue weighted by Crippen LogP contribution is -2.27. The number of hydrogen-bond acceptors (Lipinski definition) is 3. The maximum absolute atomic E-state index is 5.47. The predicted octanol–water partition coefficient (Wildman–Crippen LogP) is 0.791. The normalized spacial score (nSPS) is 23.2. The SMILES string of the molecule is COCCCNCC1CCCO1. The van der Waals surface area contributed by atoms with Crippen LogP contribution >= 0.6 is 0 Å².